The zero-order chi connectivity index (χ0) is 21.8. The van der Waals surface area contributed by atoms with Gasteiger partial charge in [-0.3, -0.25) is 14.9 Å². The Bertz CT molecular complexity index is 1010. The quantitative estimate of drug-likeness (QED) is 0.628. The average molecular weight is 437 g/mol. The van der Waals surface area contributed by atoms with Gasteiger partial charge in [0.15, 0.2) is 11.6 Å². The third kappa shape index (κ3) is 5.04. The number of amides is 4. The van der Waals surface area contributed by atoms with Crippen molar-refractivity contribution in [3.05, 3.63) is 52.6 Å². The van der Waals surface area contributed by atoms with E-state index >= 15 is 0 Å². The number of anilines is 3. The smallest absolute Gasteiger partial charge is 0.326 e. The summed E-state index contributed by atoms with van der Waals surface area (Å²) in [6.45, 7) is 2.97. The third-order valence-electron chi connectivity index (χ3n) is 4.49. The molecule has 3 rings (SSSR count). The van der Waals surface area contributed by atoms with Crippen LogP contribution < -0.4 is 20.9 Å². The van der Waals surface area contributed by atoms with Crippen molar-refractivity contribution in [1.82, 2.24) is 5.32 Å². The van der Waals surface area contributed by atoms with Gasteiger partial charge in [0, 0.05) is 25.7 Å². The number of hydrogen-bond acceptors (Lipinski definition) is 4. The molecule has 1 heterocycles. The maximum absolute atomic E-state index is 13.4. The molecule has 0 bridgehead atoms. The van der Waals surface area contributed by atoms with Crippen LogP contribution in [0.4, 0.5) is 30.6 Å². The van der Waals surface area contributed by atoms with E-state index in [0.29, 0.717) is 23.5 Å². The monoisotopic (exact) mass is 436 g/mol. The molecule has 2 aromatic rings. The Hall–Kier alpha value is -3.20. The zero-order valence-corrected chi connectivity index (χ0v) is 16.8. The molecule has 2 aromatic carbocycles. The molecule has 1 saturated heterocycles. The van der Waals surface area contributed by atoms with Gasteiger partial charge in [0.2, 0.25) is 5.91 Å². The van der Waals surface area contributed by atoms with Gasteiger partial charge in [-0.1, -0.05) is 11.6 Å². The van der Waals surface area contributed by atoms with Crippen LogP contribution in [-0.2, 0) is 4.79 Å². The fourth-order valence-corrected chi connectivity index (χ4v) is 3.41. The maximum atomic E-state index is 13.4. The van der Waals surface area contributed by atoms with E-state index in [1.165, 1.54) is 6.92 Å². The Labute approximate surface area is 176 Å². The number of imide groups is 1. The van der Waals surface area contributed by atoms with Crippen LogP contribution in [0.3, 0.4) is 0 Å². The highest BCUT2D eigenvalue weighted by Crippen LogP contribution is 2.31. The van der Waals surface area contributed by atoms with E-state index in [1.54, 1.807) is 18.2 Å². The van der Waals surface area contributed by atoms with Gasteiger partial charge >= 0.3 is 6.03 Å². The summed E-state index contributed by atoms with van der Waals surface area (Å²) in [6, 6.07) is 5.44. The zero-order valence-electron chi connectivity index (χ0n) is 16.0. The van der Waals surface area contributed by atoms with Gasteiger partial charge in [0.05, 0.1) is 22.0 Å². The van der Waals surface area contributed by atoms with Crippen LogP contribution in [0.2, 0.25) is 5.02 Å². The molecule has 1 fully saturated rings. The molecule has 0 unspecified atom stereocenters. The lowest BCUT2D eigenvalue weighted by Gasteiger charge is -2.22. The molecule has 158 valence electrons. The first-order valence-electron chi connectivity index (χ1n) is 9.18. The van der Waals surface area contributed by atoms with E-state index < -0.39 is 23.6 Å². The minimum absolute atomic E-state index is 0.275. The highest BCUT2D eigenvalue weighted by Gasteiger charge is 2.20. The number of carbonyl (C=O) groups excluding carboxylic acids is 3. The first kappa shape index (κ1) is 21.5. The number of carbonyl (C=O) groups is 3. The fraction of sp³-hybridized carbons (Fsp3) is 0.250. The Morgan fingerprint density at radius 3 is 2.33 bits per heavy atom. The van der Waals surface area contributed by atoms with Crippen molar-refractivity contribution >= 4 is 46.5 Å². The van der Waals surface area contributed by atoms with Crippen LogP contribution in [0, 0.1) is 11.6 Å². The normalized spacial score (nSPS) is 13.1. The molecule has 30 heavy (non-hydrogen) atoms. The van der Waals surface area contributed by atoms with E-state index in [0.717, 1.165) is 31.6 Å². The summed E-state index contributed by atoms with van der Waals surface area (Å²) in [7, 11) is 0. The molecule has 1 aliphatic rings. The molecule has 10 heteroatoms. The molecule has 1 aliphatic heterocycles. The van der Waals surface area contributed by atoms with Crippen molar-refractivity contribution in [1.29, 1.82) is 0 Å². The van der Waals surface area contributed by atoms with E-state index in [9.17, 15) is 23.2 Å². The average Bonchev–Trinajstić information content (AvgIpc) is 3.18. The summed E-state index contributed by atoms with van der Waals surface area (Å²) in [5.41, 5.74) is 1.20. The van der Waals surface area contributed by atoms with Gasteiger partial charge in [-0.2, -0.15) is 0 Å². The maximum Gasteiger partial charge on any atom is 0.326 e. The van der Waals surface area contributed by atoms with Gasteiger partial charge in [-0.05, 0) is 43.2 Å². The summed E-state index contributed by atoms with van der Waals surface area (Å²) >= 11 is 5.77. The van der Waals surface area contributed by atoms with Crippen molar-refractivity contribution in [3.8, 4) is 0 Å². The van der Waals surface area contributed by atoms with E-state index in [1.807, 2.05) is 5.32 Å². The predicted molar refractivity (Wildman–Crippen MR) is 110 cm³/mol. The summed E-state index contributed by atoms with van der Waals surface area (Å²) in [5.74, 6) is -3.73. The van der Waals surface area contributed by atoms with Gasteiger partial charge < -0.3 is 15.5 Å². The van der Waals surface area contributed by atoms with Crippen LogP contribution in [0.25, 0.3) is 0 Å². The highest BCUT2D eigenvalue weighted by molar-refractivity contribution is 6.34. The van der Waals surface area contributed by atoms with Gasteiger partial charge in [0.1, 0.15) is 0 Å². The number of nitrogens with one attached hydrogen (secondary N) is 3. The Balaban J connectivity index is 1.80. The molecule has 7 nitrogen and oxygen atoms in total. The second-order valence-electron chi connectivity index (χ2n) is 6.76. The Morgan fingerprint density at radius 1 is 1.00 bits per heavy atom. The van der Waals surface area contributed by atoms with Crippen molar-refractivity contribution in [2.24, 2.45) is 0 Å². The van der Waals surface area contributed by atoms with E-state index in [2.05, 4.69) is 15.5 Å². The summed E-state index contributed by atoms with van der Waals surface area (Å²) in [6.07, 6.45) is 2.01. The molecule has 0 atom stereocenters. The SMILES string of the molecule is CC(=O)Nc1ccc(N2CCCC2)c(NC(=O)NC(=O)c2cc(F)c(F)cc2Cl)c1. The van der Waals surface area contributed by atoms with Crippen LogP contribution in [-0.4, -0.2) is 30.9 Å². The second kappa shape index (κ2) is 9.08. The number of hydrogen-bond donors (Lipinski definition) is 3. The Morgan fingerprint density at radius 2 is 1.67 bits per heavy atom. The molecular weight excluding hydrogens is 418 g/mol. The molecule has 3 N–H and O–H groups in total. The van der Waals surface area contributed by atoms with Crippen LogP contribution in [0.5, 0.6) is 0 Å². The van der Waals surface area contributed by atoms with Gasteiger partial charge in [-0.15, -0.1) is 0 Å². The van der Waals surface area contributed by atoms with Crippen LogP contribution in [0.1, 0.15) is 30.1 Å². The molecule has 0 radical (unpaired) electrons. The lowest BCUT2D eigenvalue weighted by molar-refractivity contribution is -0.114. The highest BCUT2D eigenvalue weighted by atomic mass is 35.5. The minimum atomic E-state index is -1.26. The van der Waals surface area contributed by atoms with E-state index in [4.69, 9.17) is 11.6 Å². The van der Waals surface area contributed by atoms with Crippen molar-refractivity contribution in [2.45, 2.75) is 19.8 Å². The van der Waals surface area contributed by atoms with Crippen LogP contribution >= 0.6 is 11.6 Å². The minimum Gasteiger partial charge on any atom is -0.370 e. The summed E-state index contributed by atoms with van der Waals surface area (Å²) < 4.78 is 26.6. The number of halogens is 3. The summed E-state index contributed by atoms with van der Waals surface area (Å²) in [5, 5.41) is 6.92. The van der Waals surface area contributed by atoms with E-state index in [-0.39, 0.29) is 16.5 Å². The second-order valence-corrected chi connectivity index (χ2v) is 7.17. The number of benzene rings is 2. The Kier molecular flexibility index (Phi) is 6.51. The number of urea groups is 1. The number of rotatable bonds is 4. The van der Waals surface area contributed by atoms with Crippen molar-refractivity contribution in [2.75, 3.05) is 28.6 Å². The first-order valence-corrected chi connectivity index (χ1v) is 9.56. The topological polar surface area (TPSA) is 90.5 Å². The molecular formula is C20H19ClF2N4O3. The fourth-order valence-electron chi connectivity index (χ4n) is 3.17. The first-order chi connectivity index (χ1) is 14.2. The van der Waals surface area contributed by atoms with Gasteiger partial charge in [0.25, 0.3) is 5.91 Å². The number of nitrogens with zero attached hydrogens (tertiary/aromatic N) is 1. The summed E-state index contributed by atoms with van der Waals surface area (Å²) in [4.78, 5) is 38.1. The molecule has 0 spiro atoms. The molecule has 0 aromatic heterocycles. The molecule has 4 amide bonds. The molecule has 0 aliphatic carbocycles. The lowest BCUT2D eigenvalue weighted by atomic mass is 10.2. The predicted octanol–water partition coefficient (Wildman–Crippen LogP) is 4.14. The van der Waals surface area contributed by atoms with Crippen molar-refractivity contribution in [3.63, 3.8) is 0 Å². The van der Waals surface area contributed by atoms with Crippen molar-refractivity contribution < 1.29 is 23.2 Å². The van der Waals surface area contributed by atoms with Gasteiger partial charge in [-0.25, -0.2) is 13.6 Å². The standard InChI is InChI=1S/C20H19ClF2N4O3/c1-11(28)24-12-4-5-18(27-6-2-3-7-27)17(8-12)25-20(30)26-19(29)13-9-15(22)16(23)10-14(13)21/h4-5,8-10H,2-3,6-7H2,1H3,(H,24,28)(H2,25,26,29,30). The lowest BCUT2D eigenvalue weighted by Crippen LogP contribution is -2.35. The molecule has 0 saturated carbocycles. The third-order valence-corrected chi connectivity index (χ3v) is 4.81. The van der Waals surface area contributed by atoms with Crippen LogP contribution in [0.15, 0.2) is 30.3 Å². The largest absolute Gasteiger partial charge is 0.370 e.